The molecule has 110 valence electrons. The van der Waals surface area contributed by atoms with Gasteiger partial charge >= 0.3 is 0 Å². The number of hydrogen-bond acceptors (Lipinski definition) is 3. The van der Waals surface area contributed by atoms with Gasteiger partial charge in [0, 0.05) is 6.04 Å². The fourth-order valence-electron chi connectivity index (χ4n) is 3.83. The van der Waals surface area contributed by atoms with Crippen LogP contribution in [-0.4, -0.2) is 40.3 Å². The molecule has 1 aromatic carbocycles. The van der Waals surface area contributed by atoms with Crippen molar-refractivity contribution in [2.45, 2.75) is 56.6 Å². The highest BCUT2D eigenvalue weighted by molar-refractivity contribution is 5.28. The lowest BCUT2D eigenvalue weighted by molar-refractivity contribution is 0.00870. The molecule has 0 aromatic heterocycles. The van der Waals surface area contributed by atoms with Crippen molar-refractivity contribution in [1.29, 1.82) is 0 Å². The highest BCUT2D eigenvalue weighted by Gasteiger charge is 2.31. The van der Waals surface area contributed by atoms with Gasteiger partial charge in [0.15, 0.2) is 0 Å². The normalized spacial score (nSPS) is 29.4. The Kier molecular flexibility index (Phi) is 4.27. The van der Waals surface area contributed by atoms with E-state index in [2.05, 4.69) is 4.90 Å². The quantitative estimate of drug-likeness (QED) is 0.872. The number of piperidine rings is 1. The Morgan fingerprint density at radius 2 is 1.55 bits per heavy atom. The number of phenolic OH excluding ortho intramolecular Hbond substituents is 1. The lowest BCUT2D eigenvalue weighted by Crippen LogP contribution is -2.48. The molecule has 0 unspecified atom stereocenters. The predicted molar refractivity (Wildman–Crippen MR) is 79.9 cm³/mol. The number of phenols is 1. The molecule has 3 nitrogen and oxygen atoms in total. The van der Waals surface area contributed by atoms with E-state index in [1.54, 1.807) is 12.1 Å². The van der Waals surface area contributed by atoms with Gasteiger partial charge in [-0.25, -0.2) is 0 Å². The van der Waals surface area contributed by atoms with Crippen LogP contribution < -0.4 is 0 Å². The molecule has 2 atom stereocenters. The molecule has 1 saturated carbocycles. The fraction of sp³-hybridized carbons (Fsp3) is 0.647. The number of benzene rings is 1. The van der Waals surface area contributed by atoms with Gasteiger partial charge < -0.3 is 10.2 Å². The molecule has 2 N–H and O–H groups in total. The molecule has 1 aliphatic heterocycles. The Labute approximate surface area is 121 Å². The van der Waals surface area contributed by atoms with Crippen LogP contribution in [0.3, 0.4) is 0 Å². The van der Waals surface area contributed by atoms with Gasteiger partial charge in [-0.3, -0.25) is 4.90 Å². The van der Waals surface area contributed by atoms with E-state index >= 15 is 0 Å². The van der Waals surface area contributed by atoms with Crippen molar-refractivity contribution in [3.8, 4) is 5.75 Å². The predicted octanol–water partition coefficient (Wildman–Crippen LogP) is 2.88. The maximum atomic E-state index is 10.2. The first-order valence-corrected chi connectivity index (χ1v) is 7.95. The molecule has 3 rings (SSSR count). The zero-order valence-electron chi connectivity index (χ0n) is 12.0. The van der Waals surface area contributed by atoms with E-state index in [-0.39, 0.29) is 6.10 Å². The van der Waals surface area contributed by atoms with Crippen molar-refractivity contribution < 1.29 is 10.2 Å². The summed E-state index contributed by atoms with van der Waals surface area (Å²) in [6.07, 6.45) is 6.78. The van der Waals surface area contributed by atoms with Crippen LogP contribution in [0.2, 0.25) is 0 Å². The van der Waals surface area contributed by atoms with E-state index in [1.165, 1.54) is 18.4 Å². The van der Waals surface area contributed by atoms with Crippen LogP contribution in [-0.2, 0) is 0 Å². The van der Waals surface area contributed by atoms with Crippen LogP contribution in [0.5, 0.6) is 5.75 Å². The number of aliphatic hydroxyl groups excluding tert-OH is 1. The summed E-state index contributed by atoms with van der Waals surface area (Å²) in [6.45, 7) is 2.18. The van der Waals surface area contributed by atoms with Gasteiger partial charge in [0.2, 0.25) is 0 Å². The second-order valence-electron chi connectivity index (χ2n) is 6.32. The number of likely N-dealkylation sites (tertiary alicyclic amines) is 1. The molecular weight excluding hydrogens is 250 g/mol. The third kappa shape index (κ3) is 2.99. The van der Waals surface area contributed by atoms with Crippen LogP contribution in [0, 0.1) is 0 Å². The van der Waals surface area contributed by atoms with Gasteiger partial charge in [0.1, 0.15) is 5.75 Å². The highest BCUT2D eigenvalue weighted by Crippen LogP contribution is 2.32. The molecule has 0 spiro atoms. The zero-order valence-corrected chi connectivity index (χ0v) is 12.0. The van der Waals surface area contributed by atoms with E-state index in [0.717, 1.165) is 38.8 Å². The van der Waals surface area contributed by atoms with Crippen molar-refractivity contribution in [2.75, 3.05) is 13.1 Å². The summed E-state index contributed by atoms with van der Waals surface area (Å²) in [5.74, 6) is 0.948. The van der Waals surface area contributed by atoms with E-state index in [1.807, 2.05) is 12.1 Å². The first-order chi connectivity index (χ1) is 9.74. The lowest BCUT2D eigenvalue weighted by atomic mass is 9.86. The summed E-state index contributed by atoms with van der Waals surface area (Å²) in [5.41, 5.74) is 1.34. The number of nitrogens with zero attached hydrogens (tertiary/aromatic N) is 1. The standard InChI is InChI=1S/C17H25NO2/c19-15-7-5-13(6-8-15)14-9-11-18(12-10-14)16-3-1-2-4-17(16)20/h5-8,14,16-17,19-20H,1-4,9-12H2/t16-,17-/m0/s1. The summed E-state index contributed by atoms with van der Waals surface area (Å²) < 4.78 is 0. The molecule has 2 fully saturated rings. The molecule has 0 radical (unpaired) electrons. The average Bonchev–Trinajstić information content (AvgIpc) is 2.49. The van der Waals surface area contributed by atoms with Crippen molar-refractivity contribution in [3.63, 3.8) is 0 Å². The molecular formula is C17H25NO2. The molecule has 3 heteroatoms. The third-order valence-electron chi connectivity index (χ3n) is 5.06. The fourth-order valence-corrected chi connectivity index (χ4v) is 3.83. The Morgan fingerprint density at radius 3 is 2.20 bits per heavy atom. The van der Waals surface area contributed by atoms with Gasteiger partial charge in [-0.15, -0.1) is 0 Å². The maximum Gasteiger partial charge on any atom is 0.115 e. The molecule has 20 heavy (non-hydrogen) atoms. The van der Waals surface area contributed by atoms with Gasteiger partial charge in [0.05, 0.1) is 6.10 Å². The van der Waals surface area contributed by atoms with Crippen LogP contribution >= 0.6 is 0 Å². The summed E-state index contributed by atoms with van der Waals surface area (Å²) in [5, 5.41) is 19.5. The van der Waals surface area contributed by atoms with Gasteiger partial charge in [0.25, 0.3) is 0 Å². The molecule has 0 bridgehead atoms. The lowest BCUT2D eigenvalue weighted by Gasteiger charge is -2.41. The van der Waals surface area contributed by atoms with E-state index in [0.29, 0.717) is 17.7 Å². The SMILES string of the molecule is Oc1ccc(C2CCN([C@H]3CCCC[C@@H]3O)CC2)cc1. The van der Waals surface area contributed by atoms with Crippen molar-refractivity contribution in [1.82, 2.24) is 4.90 Å². The highest BCUT2D eigenvalue weighted by atomic mass is 16.3. The first kappa shape index (κ1) is 13.9. The van der Waals surface area contributed by atoms with Crippen LogP contribution in [0.25, 0.3) is 0 Å². The summed E-state index contributed by atoms with van der Waals surface area (Å²) in [7, 11) is 0. The molecule has 1 saturated heterocycles. The monoisotopic (exact) mass is 275 g/mol. The minimum atomic E-state index is -0.117. The van der Waals surface area contributed by atoms with Crippen molar-refractivity contribution >= 4 is 0 Å². The van der Waals surface area contributed by atoms with Crippen molar-refractivity contribution in [3.05, 3.63) is 29.8 Å². The second-order valence-corrected chi connectivity index (χ2v) is 6.32. The van der Waals surface area contributed by atoms with Gasteiger partial charge in [-0.05, 0) is 62.4 Å². The molecule has 2 aliphatic rings. The minimum absolute atomic E-state index is 0.117. The van der Waals surface area contributed by atoms with Gasteiger partial charge in [-0.2, -0.15) is 0 Å². The van der Waals surface area contributed by atoms with Crippen LogP contribution in [0.4, 0.5) is 0 Å². The molecule has 0 amide bonds. The molecule has 1 heterocycles. The number of aliphatic hydroxyl groups is 1. The van der Waals surface area contributed by atoms with Crippen molar-refractivity contribution in [2.24, 2.45) is 0 Å². The van der Waals surface area contributed by atoms with Gasteiger partial charge in [-0.1, -0.05) is 25.0 Å². The smallest absolute Gasteiger partial charge is 0.115 e. The average molecular weight is 275 g/mol. The van der Waals surface area contributed by atoms with E-state index in [9.17, 15) is 10.2 Å². The Balaban J connectivity index is 1.57. The Hall–Kier alpha value is -1.06. The van der Waals surface area contributed by atoms with Crippen LogP contribution in [0.15, 0.2) is 24.3 Å². The first-order valence-electron chi connectivity index (χ1n) is 7.95. The van der Waals surface area contributed by atoms with E-state index < -0.39 is 0 Å². The second kappa shape index (κ2) is 6.15. The topological polar surface area (TPSA) is 43.7 Å². The maximum absolute atomic E-state index is 10.2. The minimum Gasteiger partial charge on any atom is -0.508 e. The van der Waals surface area contributed by atoms with Crippen LogP contribution in [0.1, 0.15) is 50.0 Å². The Bertz CT molecular complexity index is 423. The van der Waals surface area contributed by atoms with E-state index in [4.69, 9.17) is 0 Å². The number of rotatable bonds is 2. The third-order valence-corrected chi connectivity index (χ3v) is 5.06. The zero-order chi connectivity index (χ0) is 13.9. The largest absolute Gasteiger partial charge is 0.508 e. The summed E-state index contributed by atoms with van der Waals surface area (Å²) >= 11 is 0. The number of aromatic hydroxyl groups is 1. The summed E-state index contributed by atoms with van der Waals surface area (Å²) in [4.78, 5) is 2.50. The molecule has 1 aliphatic carbocycles. The summed E-state index contributed by atoms with van der Waals surface area (Å²) in [6, 6.07) is 8.06. The Morgan fingerprint density at radius 1 is 0.900 bits per heavy atom. The molecule has 1 aromatic rings. The number of hydrogen-bond donors (Lipinski definition) is 2.